The SMILES string of the molecule is C[C@@H]1CN(CC2CCN(c3ccc4c(c3)C(=O)N(C3CCC(=O)NC3=O)C4)CC2)C[C@H](C)N1C(=O)N1CCN2c3cc(-c4cccc(F)c4O)nnc3NC[C@H]2C1. The van der Waals surface area contributed by atoms with Crippen LogP contribution in [0.2, 0.25) is 0 Å². The molecule has 4 fully saturated rings. The zero-order chi connectivity index (χ0) is 39.5. The maximum Gasteiger partial charge on any atom is 0.320 e. The number of fused-ring (bicyclic) bond motifs is 4. The van der Waals surface area contributed by atoms with Crippen molar-refractivity contribution >= 4 is 40.9 Å². The van der Waals surface area contributed by atoms with Gasteiger partial charge in [-0.1, -0.05) is 12.1 Å². The Balaban J connectivity index is 0.771. The first-order valence-electron chi connectivity index (χ1n) is 20.2. The summed E-state index contributed by atoms with van der Waals surface area (Å²) in [6.45, 7) is 11.4. The van der Waals surface area contributed by atoms with Gasteiger partial charge in [-0.15, -0.1) is 10.2 Å². The molecular formula is C41H49FN10O5. The number of para-hydroxylation sites is 1. The minimum atomic E-state index is -0.712. The number of urea groups is 1. The molecule has 0 saturated carbocycles. The molecule has 6 aliphatic rings. The number of rotatable bonds is 5. The van der Waals surface area contributed by atoms with E-state index in [-0.39, 0.29) is 48.0 Å². The lowest BCUT2D eigenvalue weighted by Gasteiger charge is -2.50. The first kappa shape index (κ1) is 37.1. The number of aromatic hydroxyl groups is 1. The average Bonchev–Trinajstić information content (AvgIpc) is 3.53. The number of amides is 5. The molecule has 15 nitrogen and oxygen atoms in total. The molecule has 0 radical (unpaired) electrons. The van der Waals surface area contributed by atoms with Crippen molar-refractivity contribution in [3.05, 3.63) is 59.4 Å². The number of piperazine rings is 2. The van der Waals surface area contributed by atoms with Crippen LogP contribution in [0, 0.1) is 11.7 Å². The molecule has 4 atom stereocenters. The lowest BCUT2D eigenvalue weighted by molar-refractivity contribution is -0.136. The van der Waals surface area contributed by atoms with Crippen molar-refractivity contribution in [1.29, 1.82) is 0 Å². The van der Waals surface area contributed by atoms with E-state index in [0.717, 1.165) is 62.5 Å². The predicted molar refractivity (Wildman–Crippen MR) is 210 cm³/mol. The second-order valence-corrected chi connectivity index (χ2v) is 16.6. The summed E-state index contributed by atoms with van der Waals surface area (Å²) in [6, 6.07) is 11.8. The van der Waals surface area contributed by atoms with Crippen LogP contribution in [0.25, 0.3) is 11.3 Å². The van der Waals surface area contributed by atoms with E-state index in [0.29, 0.717) is 62.1 Å². The largest absolute Gasteiger partial charge is 0.504 e. The number of nitrogens with one attached hydrogen (secondary N) is 2. The van der Waals surface area contributed by atoms with E-state index in [1.807, 2.05) is 23.1 Å². The zero-order valence-corrected chi connectivity index (χ0v) is 32.4. The first-order chi connectivity index (χ1) is 27.5. The molecule has 3 N–H and O–H groups in total. The second-order valence-electron chi connectivity index (χ2n) is 16.6. The third-order valence-electron chi connectivity index (χ3n) is 12.8. The quantitative estimate of drug-likeness (QED) is 0.327. The van der Waals surface area contributed by atoms with E-state index < -0.39 is 23.5 Å². The number of anilines is 3. The summed E-state index contributed by atoms with van der Waals surface area (Å²) in [5.74, 6) is -0.826. The van der Waals surface area contributed by atoms with Gasteiger partial charge in [0.1, 0.15) is 6.04 Å². The lowest BCUT2D eigenvalue weighted by atomic mass is 9.94. The Morgan fingerprint density at radius 1 is 0.912 bits per heavy atom. The van der Waals surface area contributed by atoms with E-state index in [1.165, 1.54) is 12.1 Å². The smallest absolute Gasteiger partial charge is 0.320 e. The van der Waals surface area contributed by atoms with Crippen molar-refractivity contribution < 1.29 is 28.7 Å². The standard InChI is InChI=1S/C41H49FN10O5/c1-24-19-47(21-26-10-12-48(13-11-26)28-7-6-27-22-51(40(56)31(27)16-28)34-8-9-36(53)44-39(34)55)20-25(2)52(24)41(57)49-14-15-50-29(23-49)18-43-38-35(50)17-33(45-46-38)30-4-3-5-32(42)37(30)54/h3-7,16-17,24-26,29,34,54H,8-15,18-23H2,1-2H3,(H,43,46)(H,44,53,55)/t24-,25+,29-,34?/m0/s1. The van der Waals surface area contributed by atoms with E-state index in [4.69, 9.17) is 0 Å². The molecule has 4 saturated heterocycles. The Morgan fingerprint density at radius 3 is 2.47 bits per heavy atom. The van der Waals surface area contributed by atoms with Crippen molar-refractivity contribution in [2.24, 2.45) is 5.92 Å². The molecule has 0 spiro atoms. The monoisotopic (exact) mass is 780 g/mol. The molecule has 1 unspecified atom stereocenters. The van der Waals surface area contributed by atoms with Crippen LogP contribution in [0.1, 0.15) is 55.5 Å². The van der Waals surface area contributed by atoms with Gasteiger partial charge in [-0.3, -0.25) is 24.6 Å². The summed E-state index contributed by atoms with van der Waals surface area (Å²) in [7, 11) is 0. The fourth-order valence-corrected chi connectivity index (χ4v) is 9.92. The summed E-state index contributed by atoms with van der Waals surface area (Å²) in [5.41, 5.74) is 4.08. The minimum Gasteiger partial charge on any atom is -0.504 e. The third kappa shape index (κ3) is 6.87. The molecule has 3 aromatic rings. The molecular weight excluding hydrogens is 732 g/mol. The van der Waals surface area contributed by atoms with Crippen molar-refractivity contribution in [1.82, 2.24) is 35.1 Å². The second kappa shape index (κ2) is 14.8. The number of aromatic nitrogens is 2. The van der Waals surface area contributed by atoms with Gasteiger partial charge in [0.15, 0.2) is 17.4 Å². The summed E-state index contributed by atoms with van der Waals surface area (Å²) in [5, 5.41) is 24.6. The summed E-state index contributed by atoms with van der Waals surface area (Å²) in [6.07, 6.45) is 2.67. The van der Waals surface area contributed by atoms with Gasteiger partial charge >= 0.3 is 6.03 Å². The number of carbonyl (C=O) groups is 4. The molecule has 57 heavy (non-hydrogen) atoms. The number of imide groups is 1. The first-order valence-corrected chi connectivity index (χ1v) is 20.2. The van der Waals surface area contributed by atoms with Crippen molar-refractivity contribution in [3.63, 3.8) is 0 Å². The van der Waals surface area contributed by atoms with Gasteiger partial charge in [0.2, 0.25) is 11.8 Å². The van der Waals surface area contributed by atoms with E-state index >= 15 is 0 Å². The summed E-state index contributed by atoms with van der Waals surface area (Å²) < 4.78 is 14.1. The maximum absolute atomic E-state index is 14.1. The van der Waals surface area contributed by atoms with Crippen LogP contribution in [0.5, 0.6) is 5.75 Å². The topological polar surface area (TPSA) is 158 Å². The molecule has 0 bridgehead atoms. The molecule has 1 aromatic heterocycles. The number of halogens is 1. The van der Waals surface area contributed by atoms with E-state index in [2.05, 4.69) is 60.3 Å². The Morgan fingerprint density at radius 2 is 1.70 bits per heavy atom. The van der Waals surface area contributed by atoms with Crippen molar-refractivity contribution in [2.45, 2.75) is 70.2 Å². The Hall–Kier alpha value is -5.51. The van der Waals surface area contributed by atoms with Crippen LogP contribution in [0.3, 0.4) is 0 Å². The van der Waals surface area contributed by atoms with Gasteiger partial charge in [-0.2, -0.15) is 0 Å². The molecule has 7 heterocycles. The van der Waals surface area contributed by atoms with Crippen LogP contribution < -0.4 is 20.4 Å². The number of piperidine rings is 2. The fraction of sp³-hybridized carbons (Fsp3) is 0.512. The highest BCUT2D eigenvalue weighted by atomic mass is 19.1. The fourth-order valence-electron chi connectivity index (χ4n) is 9.92. The highest BCUT2D eigenvalue weighted by Crippen LogP contribution is 2.38. The highest BCUT2D eigenvalue weighted by Gasteiger charge is 2.42. The van der Waals surface area contributed by atoms with Gasteiger partial charge in [-0.05, 0) is 74.9 Å². The Labute approximate surface area is 330 Å². The van der Waals surface area contributed by atoms with Gasteiger partial charge in [0.25, 0.3) is 5.91 Å². The number of hydrogen-bond donors (Lipinski definition) is 3. The normalized spacial score (nSPS) is 25.5. The zero-order valence-electron chi connectivity index (χ0n) is 32.4. The molecule has 16 heteroatoms. The van der Waals surface area contributed by atoms with E-state index in [1.54, 1.807) is 11.0 Å². The Bertz CT molecular complexity index is 2100. The van der Waals surface area contributed by atoms with Gasteiger partial charge in [-0.25, -0.2) is 9.18 Å². The number of carbonyl (C=O) groups excluding carboxylic acids is 4. The number of nitrogens with zero attached hydrogens (tertiary/aromatic N) is 8. The van der Waals surface area contributed by atoms with Crippen molar-refractivity contribution in [2.75, 3.05) is 74.0 Å². The molecule has 6 aliphatic heterocycles. The molecule has 2 aromatic carbocycles. The molecule has 5 amide bonds. The number of phenolic OH excluding ortho intramolecular Hbond substituents is 1. The lowest BCUT2D eigenvalue weighted by Crippen LogP contribution is -2.65. The van der Waals surface area contributed by atoms with Crippen LogP contribution in [-0.2, 0) is 16.1 Å². The van der Waals surface area contributed by atoms with Crippen LogP contribution in [0.4, 0.5) is 26.4 Å². The molecule has 0 aliphatic carbocycles. The minimum absolute atomic E-state index is 0.0240. The summed E-state index contributed by atoms with van der Waals surface area (Å²) >= 11 is 0. The van der Waals surface area contributed by atoms with Gasteiger partial charge in [0, 0.05) is 101 Å². The average molecular weight is 781 g/mol. The van der Waals surface area contributed by atoms with Crippen LogP contribution in [0.15, 0.2) is 42.5 Å². The number of hydrogen-bond acceptors (Lipinski definition) is 11. The third-order valence-corrected chi connectivity index (χ3v) is 12.8. The predicted octanol–water partition coefficient (Wildman–Crippen LogP) is 3.10. The van der Waals surface area contributed by atoms with Gasteiger partial charge in [0.05, 0.1) is 17.4 Å². The van der Waals surface area contributed by atoms with Gasteiger partial charge < -0.3 is 34.9 Å². The molecule has 9 rings (SSSR count). The Kier molecular flexibility index (Phi) is 9.61. The van der Waals surface area contributed by atoms with Crippen LogP contribution >= 0.6 is 0 Å². The number of benzene rings is 2. The number of phenols is 1. The maximum atomic E-state index is 14.1. The summed E-state index contributed by atoms with van der Waals surface area (Å²) in [4.78, 5) is 64.4. The van der Waals surface area contributed by atoms with Crippen LogP contribution in [-0.4, -0.2) is 142 Å². The highest BCUT2D eigenvalue weighted by molar-refractivity contribution is 6.05. The van der Waals surface area contributed by atoms with E-state index in [9.17, 15) is 28.7 Å². The molecule has 300 valence electrons. The van der Waals surface area contributed by atoms with Crippen molar-refractivity contribution in [3.8, 4) is 17.0 Å².